The third-order valence-electron chi connectivity index (χ3n) is 9.61. The summed E-state index contributed by atoms with van der Waals surface area (Å²) in [6.07, 6.45) is 30.5. The summed E-state index contributed by atoms with van der Waals surface area (Å²) in [7, 11) is 0. The fourth-order valence-electron chi connectivity index (χ4n) is 6.52. The molecule has 1 unspecified atom stereocenters. The van der Waals surface area contributed by atoms with E-state index >= 15 is 0 Å². The van der Waals surface area contributed by atoms with Gasteiger partial charge in [-0.2, -0.15) is 0 Å². The summed E-state index contributed by atoms with van der Waals surface area (Å²) in [6.45, 7) is 37.9. The average Bonchev–Trinajstić information content (AvgIpc) is 3.52. The third-order valence-corrected chi connectivity index (χ3v) is 9.61. The maximum absolute atomic E-state index is 4.35. The first-order valence-corrected chi connectivity index (χ1v) is 17.5. The molecule has 0 fully saturated rings. The van der Waals surface area contributed by atoms with Crippen LogP contribution in [0.4, 0.5) is 5.69 Å². The summed E-state index contributed by atoms with van der Waals surface area (Å²) >= 11 is 0. The van der Waals surface area contributed by atoms with Gasteiger partial charge in [0, 0.05) is 17.1 Å². The van der Waals surface area contributed by atoms with Crippen molar-refractivity contribution in [3.8, 4) is 0 Å². The van der Waals surface area contributed by atoms with Crippen molar-refractivity contribution in [3.63, 3.8) is 0 Å². The summed E-state index contributed by atoms with van der Waals surface area (Å²) in [5.41, 5.74) is 16.2. The van der Waals surface area contributed by atoms with E-state index in [-0.39, 0.29) is 0 Å². The number of allylic oxidation sites excluding steroid dienone is 24. The Morgan fingerprint density at radius 1 is 0.939 bits per heavy atom. The SMILES string of the molecule is C=CC(=C)C(=C)/C(C=C)=C(CC)\C(C)=C(/C)N(/C(C)=C/C1=C(C=C)C/C(=C/C=C(/C=C\C)C(C)C=C)C1)c1ccc(C2=CCCC=C2)cc1. The number of hydrogen-bond donors (Lipinski definition) is 0. The van der Waals surface area contributed by atoms with Gasteiger partial charge in [0.05, 0.1) is 0 Å². The molecule has 49 heavy (non-hydrogen) atoms. The minimum Gasteiger partial charge on any atom is -0.318 e. The maximum atomic E-state index is 4.35. The second-order valence-corrected chi connectivity index (χ2v) is 12.8. The van der Waals surface area contributed by atoms with E-state index in [1.54, 1.807) is 6.08 Å². The molecule has 0 saturated carbocycles. The van der Waals surface area contributed by atoms with Crippen LogP contribution in [0, 0.1) is 5.92 Å². The Morgan fingerprint density at radius 2 is 1.63 bits per heavy atom. The van der Waals surface area contributed by atoms with Crippen LogP contribution in [0.3, 0.4) is 0 Å². The van der Waals surface area contributed by atoms with Crippen LogP contribution in [-0.2, 0) is 0 Å². The van der Waals surface area contributed by atoms with Crippen molar-refractivity contribution in [2.75, 3.05) is 4.90 Å². The van der Waals surface area contributed by atoms with E-state index < -0.39 is 0 Å². The summed E-state index contributed by atoms with van der Waals surface area (Å²) in [5.74, 6) is 0.293. The van der Waals surface area contributed by atoms with Crippen molar-refractivity contribution in [1.82, 2.24) is 0 Å². The van der Waals surface area contributed by atoms with Gasteiger partial charge in [-0.3, -0.25) is 0 Å². The molecule has 0 saturated heterocycles. The molecule has 3 rings (SSSR count). The van der Waals surface area contributed by atoms with Crippen LogP contribution in [-0.4, -0.2) is 0 Å². The molecule has 0 radical (unpaired) electrons. The van der Waals surface area contributed by atoms with Gasteiger partial charge < -0.3 is 4.90 Å². The first-order valence-electron chi connectivity index (χ1n) is 17.5. The highest BCUT2D eigenvalue weighted by atomic mass is 15.1. The first-order chi connectivity index (χ1) is 23.5. The molecule has 0 heterocycles. The van der Waals surface area contributed by atoms with Crippen molar-refractivity contribution in [3.05, 3.63) is 204 Å². The molecule has 0 N–H and O–H groups in total. The molecule has 1 atom stereocenters. The number of rotatable bonds is 16. The van der Waals surface area contributed by atoms with Gasteiger partial charge in [0.1, 0.15) is 0 Å². The highest BCUT2D eigenvalue weighted by Gasteiger charge is 2.21. The lowest BCUT2D eigenvalue weighted by Crippen LogP contribution is -2.21. The normalized spacial score (nSPS) is 17.8. The molecule has 0 bridgehead atoms. The van der Waals surface area contributed by atoms with Crippen LogP contribution in [0.2, 0.25) is 0 Å². The van der Waals surface area contributed by atoms with Gasteiger partial charge >= 0.3 is 0 Å². The van der Waals surface area contributed by atoms with Gasteiger partial charge in [-0.1, -0.05) is 131 Å². The van der Waals surface area contributed by atoms with E-state index in [9.17, 15) is 0 Å². The van der Waals surface area contributed by atoms with Crippen LogP contribution >= 0.6 is 0 Å². The number of benzene rings is 1. The van der Waals surface area contributed by atoms with Crippen LogP contribution in [0.25, 0.3) is 5.57 Å². The molecule has 1 nitrogen and oxygen atoms in total. The van der Waals surface area contributed by atoms with Gasteiger partial charge in [-0.05, 0) is 140 Å². The molecule has 0 spiro atoms. The first kappa shape index (κ1) is 38.6. The lowest BCUT2D eigenvalue weighted by atomic mass is 9.89. The van der Waals surface area contributed by atoms with Crippen molar-refractivity contribution < 1.29 is 0 Å². The molecule has 1 aromatic carbocycles. The van der Waals surface area contributed by atoms with Gasteiger partial charge in [0.25, 0.3) is 0 Å². The molecular formula is C48H57N. The van der Waals surface area contributed by atoms with E-state index in [2.05, 4.69) is 159 Å². The zero-order valence-electron chi connectivity index (χ0n) is 31.0. The van der Waals surface area contributed by atoms with Gasteiger partial charge in [0.15, 0.2) is 0 Å². The van der Waals surface area contributed by atoms with Crippen LogP contribution in [0.1, 0.15) is 79.2 Å². The Labute approximate surface area is 298 Å². The minimum absolute atomic E-state index is 0.293. The van der Waals surface area contributed by atoms with Gasteiger partial charge in [0.2, 0.25) is 0 Å². The zero-order valence-corrected chi connectivity index (χ0v) is 31.0. The Hall–Kier alpha value is -4.88. The quantitative estimate of drug-likeness (QED) is 0.127. The fraction of sp³-hybridized carbons (Fsp3) is 0.250. The van der Waals surface area contributed by atoms with Gasteiger partial charge in [-0.25, -0.2) is 0 Å². The zero-order chi connectivity index (χ0) is 36.1. The Morgan fingerprint density at radius 3 is 2.18 bits per heavy atom. The Kier molecular flexibility index (Phi) is 14.6. The second-order valence-electron chi connectivity index (χ2n) is 12.8. The third kappa shape index (κ3) is 9.61. The highest BCUT2D eigenvalue weighted by molar-refractivity contribution is 5.76. The predicted octanol–water partition coefficient (Wildman–Crippen LogP) is 14.1. The standard InChI is InChI=1S/C48H57N/c1-13-22-42(35(8)15-3)26-25-40-32-41(16-4)45(33-40)31-36(9)49(46-29-27-44(28-30-46)43-23-20-19-21-24-43)39(12)38(11)48(18-6)47(17-5)37(10)34(7)14-2/h13-17,20,22-31,35H,2-5,7,10,18-19,21,32-33H2,1,6,8-9,11-12H3/b22-13-,36-31+,39-38+,40-25-,42-26-,48-47-. The van der Waals surface area contributed by atoms with Crippen molar-refractivity contribution in [2.24, 2.45) is 5.92 Å². The molecular weight excluding hydrogens is 591 g/mol. The largest absolute Gasteiger partial charge is 0.318 e. The topological polar surface area (TPSA) is 3.24 Å². The van der Waals surface area contributed by atoms with Crippen molar-refractivity contribution >= 4 is 11.3 Å². The van der Waals surface area contributed by atoms with Crippen molar-refractivity contribution in [1.29, 1.82) is 0 Å². The number of nitrogens with zero attached hydrogens (tertiary/aromatic N) is 1. The molecule has 0 aromatic heterocycles. The van der Waals surface area contributed by atoms with Crippen molar-refractivity contribution in [2.45, 2.75) is 73.6 Å². The molecule has 0 aliphatic heterocycles. The van der Waals surface area contributed by atoms with E-state index in [1.807, 2.05) is 18.2 Å². The molecule has 254 valence electrons. The maximum Gasteiger partial charge on any atom is 0.0455 e. The van der Waals surface area contributed by atoms with Crippen LogP contribution in [0.15, 0.2) is 198 Å². The van der Waals surface area contributed by atoms with Crippen LogP contribution < -0.4 is 4.90 Å². The Bertz CT molecular complexity index is 1760. The summed E-state index contributed by atoms with van der Waals surface area (Å²) in [5, 5.41) is 0. The summed E-state index contributed by atoms with van der Waals surface area (Å²) in [4.78, 5) is 2.39. The predicted molar refractivity (Wildman–Crippen MR) is 220 cm³/mol. The molecule has 0 amide bonds. The highest BCUT2D eigenvalue weighted by Crippen LogP contribution is 2.37. The number of hydrogen-bond acceptors (Lipinski definition) is 1. The van der Waals surface area contributed by atoms with E-state index in [4.69, 9.17) is 0 Å². The molecule has 1 heteroatoms. The lowest BCUT2D eigenvalue weighted by molar-refractivity contribution is 0.893. The van der Waals surface area contributed by atoms with E-state index in [0.29, 0.717) is 5.92 Å². The van der Waals surface area contributed by atoms with E-state index in [0.717, 1.165) is 65.9 Å². The molecule has 2 aliphatic rings. The molecule has 2 aliphatic carbocycles. The summed E-state index contributed by atoms with van der Waals surface area (Å²) < 4.78 is 0. The second kappa shape index (κ2) is 18.6. The minimum atomic E-state index is 0.293. The smallest absolute Gasteiger partial charge is 0.0455 e. The lowest BCUT2D eigenvalue weighted by Gasteiger charge is -2.30. The van der Waals surface area contributed by atoms with Gasteiger partial charge in [-0.15, -0.1) is 6.58 Å². The molecule has 1 aromatic rings. The monoisotopic (exact) mass is 647 g/mol. The Balaban J connectivity index is 2.18. The van der Waals surface area contributed by atoms with Crippen LogP contribution in [0.5, 0.6) is 0 Å². The average molecular weight is 648 g/mol. The van der Waals surface area contributed by atoms with E-state index in [1.165, 1.54) is 44.6 Å². The fourth-order valence-corrected chi connectivity index (χ4v) is 6.52. The number of anilines is 1. The summed E-state index contributed by atoms with van der Waals surface area (Å²) in [6, 6.07) is 8.97.